The van der Waals surface area contributed by atoms with Crippen LogP contribution in [0.15, 0.2) is 0 Å². The lowest BCUT2D eigenvalue weighted by Crippen LogP contribution is -2.40. The van der Waals surface area contributed by atoms with E-state index < -0.39 is 0 Å². The first kappa shape index (κ1) is 12.9. The van der Waals surface area contributed by atoms with E-state index in [9.17, 15) is 0 Å². The van der Waals surface area contributed by atoms with E-state index in [1.165, 1.54) is 25.9 Å². The molecule has 1 aliphatic heterocycles. The van der Waals surface area contributed by atoms with Crippen molar-refractivity contribution in [2.75, 3.05) is 40.4 Å². The van der Waals surface area contributed by atoms with Crippen molar-refractivity contribution < 1.29 is 4.74 Å². The molecule has 0 aromatic heterocycles. The Morgan fingerprint density at radius 1 is 1.40 bits per heavy atom. The second-order valence-electron chi connectivity index (χ2n) is 4.72. The molecule has 0 spiro atoms. The van der Waals surface area contributed by atoms with Crippen LogP contribution in [0.3, 0.4) is 0 Å². The van der Waals surface area contributed by atoms with Gasteiger partial charge in [-0.15, -0.1) is 0 Å². The SMILES string of the molecule is CCC(COC)NCC1CCN(C)CC1. The maximum absolute atomic E-state index is 5.18. The molecule has 1 fully saturated rings. The average molecular weight is 214 g/mol. The lowest BCUT2D eigenvalue weighted by Gasteiger charge is -2.30. The maximum atomic E-state index is 5.18. The van der Waals surface area contributed by atoms with Crippen LogP contribution in [0.1, 0.15) is 26.2 Å². The molecular weight excluding hydrogens is 188 g/mol. The maximum Gasteiger partial charge on any atom is 0.0615 e. The molecule has 0 aliphatic carbocycles. The Labute approximate surface area is 94.2 Å². The lowest BCUT2D eigenvalue weighted by molar-refractivity contribution is 0.155. The first-order valence-electron chi connectivity index (χ1n) is 6.17. The molecule has 90 valence electrons. The van der Waals surface area contributed by atoms with Gasteiger partial charge in [-0.25, -0.2) is 0 Å². The molecule has 0 aromatic rings. The van der Waals surface area contributed by atoms with Crippen LogP contribution in [0.2, 0.25) is 0 Å². The third-order valence-corrected chi connectivity index (χ3v) is 3.39. The fourth-order valence-electron chi connectivity index (χ4n) is 2.12. The van der Waals surface area contributed by atoms with Crippen LogP contribution in [-0.4, -0.2) is 51.3 Å². The van der Waals surface area contributed by atoms with E-state index >= 15 is 0 Å². The summed E-state index contributed by atoms with van der Waals surface area (Å²) < 4.78 is 5.18. The van der Waals surface area contributed by atoms with Crippen molar-refractivity contribution in [1.29, 1.82) is 0 Å². The van der Waals surface area contributed by atoms with Gasteiger partial charge in [-0.2, -0.15) is 0 Å². The summed E-state index contributed by atoms with van der Waals surface area (Å²) in [6.45, 7) is 6.73. The van der Waals surface area contributed by atoms with Gasteiger partial charge in [0.25, 0.3) is 0 Å². The molecule has 1 N–H and O–H groups in total. The predicted molar refractivity (Wildman–Crippen MR) is 64.2 cm³/mol. The van der Waals surface area contributed by atoms with E-state index in [4.69, 9.17) is 4.74 Å². The molecule has 1 atom stereocenters. The van der Waals surface area contributed by atoms with Crippen molar-refractivity contribution in [2.24, 2.45) is 5.92 Å². The monoisotopic (exact) mass is 214 g/mol. The van der Waals surface area contributed by atoms with Gasteiger partial charge in [0.15, 0.2) is 0 Å². The normalized spacial score (nSPS) is 21.8. The van der Waals surface area contributed by atoms with Crippen LogP contribution in [0.4, 0.5) is 0 Å². The van der Waals surface area contributed by atoms with E-state index in [1.807, 2.05) is 0 Å². The highest BCUT2D eigenvalue weighted by Crippen LogP contribution is 2.15. The molecule has 0 radical (unpaired) electrons. The van der Waals surface area contributed by atoms with Crippen LogP contribution in [0.25, 0.3) is 0 Å². The van der Waals surface area contributed by atoms with Gasteiger partial charge in [0.1, 0.15) is 0 Å². The Morgan fingerprint density at radius 2 is 2.07 bits per heavy atom. The zero-order valence-corrected chi connectivity index (χ0v) is 10.5. The summed E-state index contributed by atoms with van der Waals surface area (Å²) in [5, 5.41) is 3.61. The third kappa shape index (κ3) is 4.96. The fraction of sp³-hybridized carbons (Fsp3) is 1.00. The molecule has 15 heavy (non-hydrogen) atoms. The van der Waals surface area contributed by atoms with Gasteiger partial charge in [-0.1, -0.05) is 6.92 Å². The largest absolute Gasteiger partial charge is 0.383 e. The molecule has 1 heterocycles. The summed E-state index contributed by atoms with van der Waals surface area (Å²) in [7, 11) is 3.99. The second kappa shape index (κ2) is 7.20. The summed E-state index contributed by atoms with van der Waals surface area (Å²) in [4.78, 5) is 2.42. The molecule has 1 rings (SSSR count). The topological polar surface area (TPSA) is 24.5 Å². The van der Waals surface area contributed by atoms with Crippen molar-refractivity contribution in [3.63, 3.8) is 0 Å². The van der Waals surface area contributed by atoms with Gasteiger partial charge in [0, 0.05) is 13.2 Å². The summed E-state index contributed by atoms with van der Waals surface area (Å²) >= 11 is 0. The summed E-state index contributed by atoms with van der Waals surface area (Å²) in [5.41, 5.74) is 0. The van der Waals surface area contributed by atoms with Crippen LogP contribution < -0.4 is 5.32 Å². The Kier molecular flexibility index (Phi) is 6.22. The zero-order valence-electron chi connectivity index (χ0n) is 10.5. The number of hydrogen-bond acceptors (Lipinski definition) is 3. The highest BCUT2D eigenvalue weighted by atomic mass is 16.5. The number of hydrogen-bond donors (Lipinski definition) is 1. The molecule has 0 bridgehead atoms. The minimum Gasteiger partial charge on any atom is -0.383 e. The van der Waals surface area contributed by atoms with Gasteiger partial charge in [-0.05, 0) is 51.9 Å². The summed E-state index contributed by atoms with van der Waals surface area (Å²) in [6.07, 6.45) is 3.83. The molecule has 1 unspecified atom stereocenters. The second-order valence-corrected chi connectivity index (χ2v) is 4.72. The Morgan fingerprint density at radius 3 is 2.60 bits per heavy atom. The van der Waals surface area contributed by atoms with Crippen molar-refractivity contribution >= 4 is 0 Å². The molecule has 0 saturated carbocycles. The lowest BCUT2D eigenvalue weighted by atomic mass is 9.97. The van der Waals surface area contributed by atoms with Crippen molar-refractivity contribution in [2.45, 2.75) is 32.2 Å². The van der Waals surface area contributed by atoms with Crippen LogP contribution in [0.5, 0.6) is 0 Å². The van der Waals surface area contributed by atoms with E-state index in [0.717, 1.165) is 25.5 Å². The zero-order chi connectivity index (χ0) is 11.1. The Balaban J connectivity index is 2.12. The summed E-state index contributed by atoms with van der Waals surface area (Å²) in [5.74, 6) is 0.868. The quantitative estimate of drug-likeness (QED) is 0.722. The van der Waals surface area contributed by atoms with Crippen molar-refractivity contribution in [1.82, 2.24) is 10.2 Å². The predicted octanol–water partition coefficient (Wildman–Crippen LogP) is 1.34. The smallest absolute Gasteiger partial charge is 0.0615 e. The van der Waals surface area contributed by atoms with Crippen LogP contribution in [0, 0.1) is 5.92 Å². The highest BCUT2D eigenvalue weighted by Gasteiger charge is 2.17. The fourth-order valence-corrected chi connectivity index (χ4v) is 2.12. The Hall–Kier alpha value is -0.120. The minimum atomic E-state index is 0.537. The van der Waals surface area contributed by atoms with Gasteiger partial charge >= 0.3 is 0 Å². The van der Waals surface area contributed by atoms with Crippen LogP contribution >= 0.6 is 0 Å². The number of rotatable bonds is 6. The third-order valence-electron chi connectivity index (χ3n) is 3.39. The minimum absolute atomic E-state index is 0.537. The van der Waals surface area contributed by atoms with Gasteiger partial charge < -0.3 is 15.0 Å². The van der Waals surface area contributed by atoms with Crippen LogP contribution in [-0.2, 0) is 4.74 Å². The molecular formula is C12H26N2O. The number of nitrogens with zero attached hydrogens (tertiary/aromatic N) is 1. The molecule has 3 heteroatoms. The first-order chi connectivity index (χ1) is 7.26. The first-order valence-corrected chi connectivity index (χ1v) is 6.17. The molecule has 0 amide bonds. The number of methoxy groups -OCH3 is 1. The van der Waals surface area contributed by atoms with E-state index in [2.05, 4.69) is 24.2 Å². The number of ether oxygens (including phenoxy) is 1. The molecule has 1 saturated heterocycles. The van der Waals surface area contributed by atoms with E-state index in [1.54, 1.807) is 7.11 Å². The number of likely N-dealkylation sites (tertiary alicyclic amines) is 1. The highest BCUT2D eigenvalue weighted by molar-refractivity contribution is 4.74. The average Bonchev–Trinajstić information content (AvgIpc) is 2.26. The standard InChI is InChI=1S/C12H26N2O/c1-4-12(10-15-3)13-9-11-5-7-14(2)8-6-11/h11-13H,4-10H2,1-3H3. The molecule has 3 nitrogen and oxygen atoms in total. The van der Waals surface area contributed by atoms with Gasteiger partial charge in [0.05, 0.1) is 6.61 Å². The van der Waals surface area contributed by atoms with Gasteiger partial charge in [-0.3, -0.25) is 0 Å². The van der Waals surface area contributed by atoms with Crippen molar-refractivity contribution in [3.8, 4) is 0 Å². The number of nitrogens with one attached hydrogen (secondary N) is 1. The summed E-state index contributed by atoms with van der Waals surface area (Å²) in [6, 6.07) is 0.537. The molecule has 0 aromatic carbocycles. The van der Waals surface area contributed by atoms with E-state index in [0.29, 0.717) is 6.04 Å². The Bertz CT molecular complexity index is 156. The van der Waals surface area contributed by atoms with E-state index in [-0.39, 0.29) is 0 Å². The number of piperidine rings is 1. The van der Waals surface area contributed by atoms with Gasteiger partial charge in [0.2, 0.25) is 0 Å². The molecule has 1 aliphatic rings. The van der Waals surface area contributed by atoms with Crippen molar-refractivity contribution in [3.05, 3.63) is 0 Å².